The van der Waals surface area contributed by atoms with Crippen LogP contribution in [-0.2, 0) is 26.1 Å². The van der Waals surface area contributed by atoms with Gasteiger partial charge in [0.05, 0.1) is 17.6 Å². The van der Waals surface area contributed by atoms with Crippen LogP contribution in [0.15, 0.2) is 47.4 Å². The summed E-state index contributed by atoms with van der Waals surface area (Å²) in [6, 6.07) is 11.5. The first-order chi connectivity index (χ1) is 14.7. The predicted octanol–water partition coefficient (Wildman–Crippen LogP) is 2.51. The van der Waals surface area contributed by atoms with Crippen LogP contribution in [0.1, 0.15) is 35.3 Å². The Labute approximate surface area is 183 Å². The summed E-state index contributed by atoms with van der Waals surface area (Å²) in [5.41, 5.74) is 1.46. The molecule has 0 heterocycles. The van der Waals surface area contributed by atoms with Crippen molar-refractivity contribution >= 4 is 21.9 Å². The number of methoxy groups -OCH3 is 1. The van der Waals surface area contributed by atoms with E-state index in [0.29, 0.717) is 24.4 Å². The monoisotopic (exact) mass is 448 g/mol. The van der Waals surface area contributed by atoms with Crippen molar-refractivity contribution in [3.63, 3.8) is 0 Å². The molecule has 2 rings (SSSR count). The Morgan fingerprint density at radius 2 is 1.68 bits per heavy atom. The summed E-state index contributed by atoms with van der Waals surface area (Å²) in [4.78, 5) is 24.4. The Morgan fingerprint density at radius 1 is 1.03 bits per heavy atom. The van der Waals surface area contributed by atoms with Gasteiger partial charge >= 0.3 is 5.97 Å². The number of sulfonamides is 1. The third-order valence-corrected chi connectivity index (χ3v) is 6.92. The van der Waals surface area contributed by atoms with Gasteiger partial charge in [-0.1, -0.05) is 32.0 Å². The zero-order chi connectivity index (χ0) is 23.0. The van der Waals surface area contributed by atoms with E-state index in [1.807, 2.05) is 12.1 Å². The standard InChI is InChI=1S/C22H28N2O6S/c1-5-24(6-2)31(27,28)20-13-18(10-7-16(20)3)22(26)30-15-21(25)23-14-17-8-11-19(29-4)12-9-17/h7-13H,5-6,14-15H2,1-4H3,(H,23,25). The minimum atomic E-state index is -3.73. The van der Waals surface area contributed by atoms with Crippen molar-refractivity contribution in [1.29, 1.82) is 0 Å². The highest BCUT2D eigenvalue weighted by Crippen LogP contribution is 2.22. The van der Waals surface area contributed by atoms with Gasteiger partial charge in [-0.05, 0) is 42.3 Å². The maximum Gasteiger partial charge on any atom is 0.338 e. The van der Waals surface area contributed by atoms with Gasteiger partial charge in [0.1, 0.15) is 5.75 Å². The van der Waals surface area contributed by atoms with Crippen molar-refractivity contribution in [3.8, 4) is 5.75 Å². The average Bonchev–Trinajstić information content (AvgIpc) is 2.77. The van der Waals surface area contributed by atoms with Crippen molar-refractivity contribution in [1.82, 2.24) is 9.62 Å². The van der Waals surface area contributed by atoms with Crippen LogP contribution < -0.4 is 10.1 Å². The lowest BCUT2D eigenvalue weighted by atomic mass is 10.1. The van der Waals surface area contributed by atoms with Crippen molar-refractivity contribution in [2.75, 3.05) is 26.8 Å². The number of amides is 1. The van der Waals surface area contributed by atoms with E-state index in [1.54, 1.807) is 46.1 Å². The van der Waals surface area contributed by atoms with Gasteiger partial charge in [0.15, 0.2) is 6.61 Å². The molecule has 1 N–H and O–H groups in total. The zero-order valence-corrected chi connectivity index (χ0v) is 19.0. The molecular weight excluding hydrogens is 420 g/mol. The molecule has 31 heavy (non-hydrogen) atoms. The highest BCUT2D eigenvalue weighted by atomic mass is 32.2. The van der Waals surface area contributed by atoms with E-state index in [9.17, 15) is 18.0 Å². The maximum atomic E-state index is 12.8. The van der Waals surface area contributed by atoms with E-state index >= 15 is 0 Å². The molecule has 0 aliphatic heterocycles. The van der Waals surface area contributed by atoms with E-state index in [-0.39, 0.29) is 17.0 Å². The number of hydrogen-bond acceptors (Lipinski definition) is 6. The van der Waals surface area contributed by atoms with Crippen molar-refractivity contribution in [2.45, 2.75) is 32.2 Å². The number of carbonyl (C=O) groups is 2. The lowest BCUT2D eigenvalue weighted by molar-refractivity contribution is -0.124. The average molecular weight is 449 g/mol. The predicted molar refractivity (Wildman–Crippen MR) is 116 cm³/mol. The van der Waals surface area contributed by atoms with E-state index in [2.05, 4.69) is 5.32 Å². The highest BCUT2D eigenvalue weighted by Gasteiger charge is 2.25. The van der Waals surface area contributed by atoms with Crippen LogP contribution in [0.25, 0.3) is 0 Å². The molecule has 1 amide bonds. The van der Waals surface area contributed by atoms with Gasteiger partial charge in [0.2, 0.25) is 10.0 Å². The fourth-order valence-corrected chi connectivity index (χ4v) is 4.63. The maximum absolute atomic E-state index is 12.8. The molecule has 0 saturated heterocycles. The van der Waals surface area contributed by atoms with Gasteiger partial charge in [-0.3, -0.25) is 4.79 Å². The molecule has 8 nitrogen and oxygen atoms in total. The smallest absolute Gasteiger partial charge is 0.338 e. The molecule has 0 radical (unpaired) electrons. The topological polar surface area (TPSA) is 102 Å². The number of nitrogens with zero attached hydrogens (tertiary/aromatic N) is 1. The van der Waals surface area contributed by atoms with Crippen molar-refractivity contribution in [3.05, 3.63) is 59.2 Å². The first-order valence-electron chi connectivity index (χ1n) is 9.90. The summed E-state index contributed by atoms with van der Waals surface area (Å²) in [6.45, 7) is 5.61. The lowest BCUT2D eigenvalue weighted by Gasteiger charge is -2.20. The van der Waals surface area contributed by atoms with E-state index in [4.69, 9.17) is 9.47 Å². The Bertz CT molecular complexity index is 1010. The second-order valence-electron chi connectivity index (χ2n) is 6.77. The third kappa shape index (κ3) is 6.28. The Morgan fingerprint density at radius 3 is 2.26 bits per heavy atom. The zero-order valence-electron chi connectivity index (χ0n) is 18.2. The number of hydrogen-bond donors (Lipinski definition) is 1. The van der Waals surface area contributed by atoms with E-state index in [1.165, 1.54) is 16.4 Å². The number of aryl methyl sites for hydroxylation is 1. The number of benzene rings is 2. The van der Waals surface area contributed by atoms with Gasteiger partial charge in [0, 0.05) is 19.6 Å². The molecule has 0 spiro atoms. The Balaban J connectivity index is 1.99. The molecule has 0 fully saturated rings. The number of ether oxygens (including phenoxy) is 2. The fraction of sp³-hybridized carbons (Fsp3) is 0.364. The van der Waals surface area contributed by atoms with Gasteiger partial charge in [-0.15, -0.1) is 0 Å². The number of esters is 1. The molecule has 0 unspecified atom stereocenters. The molecule has 9 heteroatoms. The summed E-state index contributed by atoms with van der Waals surface area (Å²) in [5, 5.41) is 2.66. The number of rotatable bonds is 10. The first kappa shape index (κ1) is 24.4. The molecule has 2 aromatic carbocycles. The largest absolute Gasteiger partial charge is 0.497 e. The van der Waals surface area contributed by atoms with Crippen molar-refractivity contribution in [2.24, 2.45) is 0 Å². The Hall–Kier alpha value is -2.91. The summed E-state index contributed by atoms with van der Waals surface area (Å²) in [5.74, 6) is -0.521. The van der Waals surface area contributed by atoms with Crippen LogP contribution in [0.4, 0.5) is 0 Å². The summed E-state index contributed by atoms with van der Waals surface area (Å²) < 4.78 is 37.1. The van der Waals surface area contributed by atoms with Crippen LogP contribution >= 0.6 is 0 Å². The second-order valence-corrected chi connectivity index (χ2v) is 8.68. The fourth-order valence-electron chi connectivity index (χ4n) is 2.92. The van der Waals surface area contributed by atoms with Crippen LogP contribution in [0, 0.1) is 6.92 Å². The minimum Gasteiger partial charge on any atom is -0.497 e. The molecule has 168 valence electrons. The van der Waals surface area contributed by atoms with Crippen LogP contribution in [-0.4, -0.2) is 51.4 Å². The summed E-state index contributed by atoms with van der Waals surface area (Å²) >= 11 is 0. The van der Waals surface area contributed by atoms with E-state index in [0.717, 1.165) is 5.56 Å². The number of carbonyl (C=O) groups excluding carboxylic acids is 2. The van der Waals surface area contributed by atoms with Gasteiger partial charge in [0.25, 0.3) is 5.91 Å². The molecule has 2 aromatic rings. The van der Waals surface area contributed by atoms with Crippen LogP contribution in [0.3, 0.4) is 0 Å². The SMILES string of the molecule is CCN(CC)S(=O)(=O)c1cc(C(=O)OCC(=O)NCc2ccc(OC)cc2)ccc1C. The van der Waals surface area contributed by atoms with Crippen LogP contribution in [0.5, 0.6) is 5.75 Å². The molecule has 0 saturated carbocycles. The molecule has 0 bridgehead atoms. The molecule has 0 atom stereocenters. The summed E-state index contributed by atoms with van der Waals surface area (Å²) in [7, 11) is -2.16. The first-order valence-corrected chi connectivity index (χ1v) is 11.3. The van der Waals surface area contributed by atoms with E-state index < -0.39 is 28.5 Å². The lowest BCUT2D eigenvalue weighted by Crippen LogP contribution is -2.31. The minimum absolute atomic E-state index is 0.0506. The Kier molecular flexibility index (Phi) is 8.58. The van der Waals surface area contributed by atoms with Gasteiger partial charge < -0.3 is 14.8 Å². The molecule has 0 aliphatic carbocycles. The molecule has 0 aromatic heterocycles. The third-order valence-electron chi connectivity index (χ3n) is 4.73. The normalized spacial score (nSPS) is 11.3. The van der Waals surface area contributed by atoms with Crippen LogP contribution in [0.2, 0.25) is 0 Å². The van der Waals surface area contributed by atoms with Crippen molar-refractivity contribution < 1.29 is 27.5 Å². The van der Waals surface area contributed by atoms with Gasteiger partial charge in [-0.2, -0.15) is 4.31 Å². The summed E-state index contributed by atoms with van der Waals surface area (Å²) in [6.07, 6.45) is 0. The van der Waals surface area contributed by atoms with Gasteiger partial charge in [-0.25, -0.2) is 13.2 Å². The highest BCUT2D eigenvalue weighted by molar-refractivity contribution is 7.89. The second kappa shape index (κ2) is 10.9. The molecule has 0 aliphatic rings. The molecular formula is C22H28N2O6S. The quantitative estimate of drug-likeness (QED) is 0.561. The number of nitrogens with one attached hydrogen (secondary N) is 1.